The number of carbonyl (C=O) groups is 1. The number of hydrogen-bond acceptors (Lipinski definition) is 4. The molecule has 2 aromatic carbocycles. The highest BCUT2D eigenvalue weighted by Gasteiger charge is 2.11. The Hall–Kier alpha value is -2.06. The van der Waals surface area contributed by atoms with Crippen LogP contribution in [-0.2, 0) is 11.2 Å². The number of alkyl halides is 2. The molecule has 0 heterocycles. The molecule has 0 unspecified atom stereocenters. The topological polar surface area (TPSA) is 56.8 Å². The SMILES string of the molecule is COc1cc(CCNC(=O)COc2ccc(Cl)cc2Br)ccc1OC(F)F. The molecule has 2 rings (SSSR count). The Morgan fingerprint density at radius 3 is 2.59 bits per heavy atom. The molecule has 0 aliphatic heterocycles. The maximum absolute atomic E-state index is 12.3. The van der Waals surface area contributed by atoms with E-state index in [1.54, 1.807) is 30.3 Å². The standard InChI is InChI=1S/C18H17BrClF2NO4/c1-25-16-8-11(2-4-15(16)27-18(21)22)6-7-23-17(24)10-26-14-5-3-12(20)9-13(14)19/h2-5,8-9,18H,6-7,10H2,1H3,(H,23,24). The minimum atomic E-state index is -2.93. The summed E-state index contributed by atoms with van der Waals surface area (Å²) in [7, 11) is 1.37. The minimum absolute atomic E-state index is 0.0396. The molecule has 5 nitrogen and oxygen atoms in total. The van der Waals surface area contributed by atoms with Crippen molar-refractivity contribution in [1.29, 1.82) is 0 Å². The van der Waals surface area contributed by atoms with E-state index < -0.39 is 6.61 Å². The average molecular weight is 465 g/mol. The summed E-state index contributed by atoms with van der Waals surface area (Å²) in [5.41, 5.74) is 0.801. The molecule has 9 heteroatoms. The number of ether oxygens (including phenoxy) is 3. The van der Waals surface area contributed by atoms with Gasteiger partial charge in [-0.15, -0.1) is 0 Å². The van der Waals surface area contributed by atoms with E-state index >= 15 is 0 Å². The molecule has 2 aromatic rings. The summed E-state index contributed by atoms with van der Waals surface area (Å²) in [5, 5.41) is 3.27. The maximum Gasteiger partial charge on any atom is 0.387 e. The third-order valence-corrected chi connectivity index (χ3v) is 4.29. The van der Waals surface area contributed by atoms with Crippen molar-refractivity contribution in [3.63, 3.8) is 0 Å². The molecule has 0 aromatic heterocycles. The summed E-state index contributed by atoms with van der Waals surface area (Å²) in [4.78, 5) is 11.9. The van der Waals surface area contributed by atoms with Gasteiger partial charge in [0, 0.05) is 11.6 Å². The number of amides is 1. The van der Waals surface area contributed by atoms with Crippen LogP contribution in [0.1, 0.15) is 5.56 Å². The van der Waals surface area contributed by atoms with Crippen molar-refractivity contribution >= 4 is 33.4 Å². The molecular weight excluding hydrogens is 448 g/mol. The van der Waals surface area contributed by atoms with Gasteiger partial charge in [0.25, 0.3) is 5.91 Å². The smallest absolute Gasteiger partial charge is 0.387 e. The number of halogens is 4. The Morgan fingerprint density at radius 1 is 1.19 bits per heavy atom. The average Bonchev–Trinajstić information content (AvgIpc) is 2.61. The third kappa shape index (κ3) is 6.88. The fourth-order valence-corrected chi connectivity index (χ4v) is 2.99. The molecule has 146 valence electrons. The summed E-state index contributed by atoms with van der Waals surface area (Å²) in [5.74, 6) is 0.382. The molecule has 0 bridgehead atoms. The van der Waals surface area contributed by atoms with Gasteiger partial charge in [-0.1, -0.05) is 17.7 Å². The van der Waals surface area contributed by atoms with E-state index in [-0.39, 0.29) is 24.0 Å². The van der Waals surface area contributed by atoms with Gasteiger partial charge in [-0.25, -0.2) is 0 Å². The van der Waals surface area contributed by atoms with E-state index in [1.165, 1.54) is 13.2 Å². The van der Waals surface area contributed by atoms with Gasteiger partial charge < -0.3 is 19.5 Å². The van der Waals surface area contributed by atoms with E-state index in [9.17, 15) is 13.6 Å². The Balaban J connectivity index is 1.80. The molecule has 0 saturated heterocycles. The first-order valence-corrected chi connectivity index (χ1v) is 9.02. The van der Waals surface area contributed by atoms with Gasteiger partial charge in [0.05, 0.1) is 11.6 Å². The van der Waals surface area contributed by atoms with E-state index in [1.807, 2.05) is 0 Å². The lowest BCUT2D eigenvalue weighted by atomic mass is 10.1. The summed E-state index contributed by atoms with van der Waals surface area (Å²) in [6.45, 7) is -2.72. The van der Waals surface area contributed by atoms with Crippen molar-refractivity contribution in [2.24, 2.45) is 0 Å². The summed E-state index contributed by atoms with van der Waals surface area (Å²) >= 11 is 9.15. The summed E-state index contributed by atoms with van der Waals surface area (Å²) in [6.07, 6.45) is 0.488. The second-order valence-electron chi connectivity index (χ2n) is 5.33. The van der Waals surface area contributed by atoms with Crippen LogP contribution in [-0.4, -0.2) is 32.8 Å². The van der Waals surface area contributed by atoms with Crippen LogP contribution in [0.4, 0.5) is 8.78 Å². The highest BCUT2D eigenvalue weighted by Crippen LogP contribution is 2.30. The predicted molar refractivity (Wildman–Crippen MR) is 101 cm³/mol. The lowest BCUT2D eigenvalue weighted by Crippen LogP contribution is -2.30. The lowest BCUT2D eigenvalue weighted by Gasteiger charge is -2.12. The number of hydrogen-bond donors (Lipinski definition) is 1. The zero-order chi connectivity index (χ0) is 19.8. The van der Waals surface area contributed by atoms with Gasteiger partial charge in [0.1, 0.15) is 5.75 Å². The van der Waals surface area contributed by atoms with Crippen molar-refractivity contribution in [2.75, 3.05) is 20.3 Å². The lowest BCUT2D eigenvalue weighted by molar-refractivity contribution is -0.123. The Labute approximate surface area is 168 Å². The minimum Gasteiger partial charge on any atom is -0.493 e. The molecule has 0 radical (unpaired) electrons. The molecule has 0 aliphatic carbocycles. The van der Waals surface area contributed by atoms with Gasteiger partial charge in [0.15, 0.2) is 18.1 Å². The number of nitrogens with one attached hydrogen (secondary N) is 1. The first-order chi connectivity index (χ1) is 12.9. The molecule has 0 atom stereocenters. The van der Waals surface area contributed by atoms with Crippen LogP contribution >= 0.6 is 27.5 Å². The zero-order valence-electron chi connectivity index (χ0n) is 14.3. The fraction of sp³-hybridized carbons (Fsp3) is 0.278. The highest BCUT2D eigenvalue weighted by atomic mass is 79.9. The van der Waals surface area contributed by atoms with Crippen molar-refractivity contribution in [3.8, 4) is 17.2 Å². The molecule has 0 fully saturated rings. The highest BCUT2D eigenvalue weighted by molar-refractivity contribution is 9.10. The zero-order valence-corrected chi connectivity index (χ0v) is 16.6. The van der Waals surface area contributed by atoms with Crippen molar-refractivity contribution in [2.45, 2.75) is 13.0 Å². The Bertz CT molecular complexity index is 792. The van der Waals surface area contributed by atoms with Crippen molar-refractivity contribution in [1.82, 2.24) is 5.32 Å². The van der Waals surface area contributed by atoms with Crippen LogP contribution in [0, 0.1) is 0 Å². The molecule has 27 heavy (non-hydrogen) atoms. The van der Waals surface area contributed by atoms with Gasteiger partial charge in [-0.3, -0.25) is 4.79 Å². The van der Waals surface area contributed by atoms with Crippen molar-refractivity contribution < 1.29 is 27.8 Å². The second-order valence-corrected chi connectivity index (χ2v) is 6.62. The van der Waals surface area contributed by atoms with E-state index in [0.29, 0.717) is 28.2 Å². The third-order valence-electron chi connectivity index (χ3n) is 3.43. The molecule has 0 saturated carbocycles. The van der Waals surface area contributed by atoms with Crippen molar-refractivity contribution in [3.05, 3.63) is 51.5 Å². The van der Waals surface area contributed by atoms with Crippen LogP contribution in [0.3, 0.4) is 0 Å². The van der Waals surface area contributed by atoms with Crippen LogP contribution in [0.5, 0.6) is 17.2 Å². The van der Waals surface area contributed by atoms with Gasteiger partial charge in [0.2, 0.25) is 0 Å². The van der Waals surface area contributed by atoms with Crippen LogP contribution < -0.4 is 19.5 Å². The molecule has 0 aliphatic rings. The molecular formula is C18H17BrClF2NO4. The van der Waals surface area contributed by atoms with E-state index in [0.717, 1.165) is 5.56 Å². The van der Waals surface area contributed by atoms with E-state index in [2.05, 4.69) is 26.0 Å². The monoisotopic (exact) mass is 463 g/mol. The number of benzene rings is 2. The number of carbonyl (C=O) groups excluding carboxylic acids is 1. The number of methoxy groups -OCH3 is 1. The van der Waals surface area contributed by atoms with Crippen LogP contribution in [0.25, 0.3) is 0 Å². The quantitative estimate of drug-likeness (QED) is 0.596. The molecule has 0 spiro atoms. The second kappa shape index (κ2) is 10.3. The fourth-order valence-electron chi connectivity index (χ4n) is 2.19. The number of rotatable bonds is 9. The summed E-state index contributed by atoms with van der Waals surface area (Å²) in [6, 6.07) is 9.62. The Kier molecular flexibility index (Phi) is 8.12. The molecule has 1 N–H and O–H groups in total. The van der Waals surface area contributed by atoms with Crippen LogP contribution in [0.15, 0.2) is 40.9 Å². The largest absolute Gasteiger partial charge is 0.493 e. The van der Waals surface area contributed by atoms with Gasteiger partial charge in [-0.05, 0) is 58.2 Å². The van der Waals surface area contributed by atoms with E-state index in [4.69, 9.17) is 21.1 Å². The first-order valence-electron chi connectivity index (χ1n) is 7.85. The molecule has 1 amide bonds. The van der Waals surface area contributed by atoms with Crippen LogP contribution in [0.2, 0.25) is 5.02 Å². The van der Waals surface area contributed by atoms with Gasteiger partial charge in [-0.2, -0.15) is 8.78 Å². The maximum atomic E-state index is 12.3. The predicted octanol–water partition coefficient (Wildman–Crippen LogP) is 4.45. The first kappa shape index (κ1) is 21.2. The normalized spacial score (nSPS) is 10.6. The van der Waals surface area contributed by atoms with Gasteiger partial charge >= 0.3 is 6.61 Å². The Morgan fingerprint density at radius 2 is 1.93 bits per heavy atom. The summed E-state index contributed by atoms with van der Waals surface area (Å²) < 4.78 is 40.1.